The third kappa shape index (κ3) is 3.89. The minimum Gasteiger partial charge on any atom is -0.313 e. The summed E-state index contributed by atoms with van der Waals surface area (Å²) in [6, 6.07) is 2.84. The molecule has 0 amide bonds. The third-order valence-electron chi connectivity index (χ3n) is 3.22. The number of rotatable bonds is 6. The number of hydrogen-bond donors (Lipinski definition) is 1. The van der Waals surface area contributed by atoms with Crippen molar-refractivity contribution in [1.29, 1.82) is 0 Å². The molecule has 0 bridgehead atoms. The highest BCUT2D eigenvalue weighted by Gasteiger charge is 2.13. The predicted molar refractivity (Wildman–Crippen MR) is 71.2 cm³/mol. The van der Waals surface area contributed by atoms with Crippen LogP contribution in [-0.2, 0) is 6.42 Å². The van der Waals surface area contributed by atoms with Gasteiger partial charge in [-0.3, -0.25) is 0 Å². The van der Waals surface area contributed by atoms with Crippen molar-refractivity contribution in [1.82, 2.24) is 10.2 Å². The molecule has 90 valence electrons. The Bertz CT molecular complexity index is 278. The van der Waals surface area contributed by atoms with E-state index in [0.717, 1.165) is 13.0 Å². The quantitative estimate of drug-likeness (QED) is 0.818. The third-order valence-corrected chi connectivity index (χ3v) is 3.95. The van der Waals surface area contributed by atoms with Crippen LogP contribution in [-0.4, -0.2) is 37.1 Å². The summed E-state index contributed by atoms with van der Waals surface area (Å²) in [5, 5.41) is 8.01. The van der Waals surface area contributed by atoms with Crippen molar-refractivity contribution in [2.45, 2.75) is 32.2 Å². The fourth-order valence-corrected chi connectivity index (χ4v) is 3.02. The van der Waals surface area contributed by atoms with Crippen molar-refractivity contribution in [3.05, 3.63) is 22.4 Å². The summed E-state index contributed by atoms with van der Waals surface area (Å²) in [6.07, 6.45) is 3.94. The maximum atomic E-state index is 3.61. The first-order valence-corrected chi connectivity index (χ1v) is 7.25. The Labute approximate surface area is 103 Å². The smallest absolute Gasteiger partial charge is 0.0166 e. The van der Waals surface area contributed by atoms with Gasteiger partial charge in [0.25, 0.3) is 0 Å². The highest BCUT2D eigenvalue weighted by atomic mass is 32.1. The van der Waals surface area contributed by atoms with Crippen molar-refractivity contribution in [2.75, 3.05) is 26.2 Å². The number of likely N-dealkylation sites (tertiary alicyclic amines) is 1. The van der Waals surface area contributed by atoms with Crippen LogP contribution in [0.4, 0.5) is 0 Å². The van der Waals surface area contributed by atoms with Gasteiger partial charge in [0.1, 0.15) is 0 Å². The maximum absolute atomic E-state index is 3.61. The molecule has 0 spiro atoms. The minimum atomic E-state index is 0.622. The second kappa shape index (κ2) is 6.38. The zero-order chi connectivity index (χ0) is 11.2. The molecule has 1 aliphatic rings. The Hall–Kier alpha value is -0.380. The lowest BCUT2D eigenvalue weighted by Crippen LogP contribution is -2.38. The molecule has 1 fully saturated rings. The first kappa shape index (κ1) is 12.1. The zero-order valence-corrected chi connectivity index (χ0v) is 10.9. The van der Waals surface area contributed by atoms with Gasteiger partial charge >= 0.3 is 0 Å². The van der Waals surface area contributed by atoms with E-state index in [1.165, 1.54) is 38.0 Å². The molecule has 1 saturated heterocycles. The van der Waals surface area contributed by atoms with Crippen molar-refractivity contribution < 1.29 is 0 Å². The Morgan fingerprint density at radius 3 is 2.94 bits per heavy atom. The second-order valence-electron chi connectivity index (χ2n) is 4.74. The molecule has 3 heteroatoms. The lowest BCUT2D eigenvalue weighted by Gasteiger charge is -2.21. The molecule has 1 aliphatic heterocycles. The monoisotopic (exact) mass is 238 g/mol. The van der Waals surface area contributed by atoms with Crippen LogP contribution in [0.25, 0.3) is 0 Å². The van der Waals surface area contributed by atoms with Crippen LogP contribution < -0.4 is 5.32 Å². The topological polar surface area (TPSA) is 15.3 Å². The number of thiophene rings is 1. The minimum absolute atomic E-state index is 0.622. The Morgan fingerprint density at radius 2 is 2.25 bits per heavy atom. The molecule has 1 atom stereocenters. The van der Waals surface area contributed by atoms with E-state index < -0.39 is 0 Å². The van der Waals surface area contributed by atoms with Gasteiger partial charge in [0, 0.05) is 12.6 Å². The summed E-state index contributed by atoms with van der Waals surface area (Å²) in [4.78, 5) is 2.57. The zero-order valence-electron chi connectivity index (χ0n) is 10.1. The van der Waals surface area contributed by atoms with Crippen molar-refractivity contribution >= 4 is 11.3 Å². The number of nitrogens with zero attached hydrogens (tertiary/aromatic N) is 1. The molecule has 0 aromatic carbocycles. The summed E-state index contributed by atoms with van der Waals surface area (Å²) in [5.74, 6) is 0. The number of hydrogen-bond acceptors (Lipinski definition) is 3. The van der Waals surface area contributed by atoms with Gasteiger partial charge in [0.2, 0.25) is 0 Å². The van der Waals surface area contributed by atoms with Gasteiger partial charge in [0.05, 0.1) is 0 Å². The molecule has 1 aromatic heterocycles. The van der Waals surface area contributed by atoms with E-state index in [1.807, 2.05) is 0 Å². The van der Waals surface area contributed by atoms with E-state index in [4.69, 9.17) is 0 Å². The van der Waals surface area contributed by atoms with Crippen LogP contribution >= 0.6 is 11.3 Å². The molecule has 2 nitrogen and oxygen atoms in total. The molecule has 1 unspecified atom stereocenters. The van der Waals surface area contributed by atoms with Crippen LogP contribution in [0.5, 0.6) is 0 Å². The molecule has 1 aromatic rings. The van der Waals surface area contributed by atoms with E-state index in [9.17, 15) is 0 Å². The van der Waals surface area contributed by atoms with Crippen LogP contribution in [0.3, 0.4) is 0 Å². The van der Waals surface area contributed by atoms with Gasteiger partial charge in [-0.15, -0.1) is 0 Å². The average molecular weight is 238 g/mol. The van der Waals surface area contributed by atoms with Crippen LogP contribution in [0.1, 0.15) is 25.3 Å². The summed E-state index contributed by atoms with van der Waals surface area (Å²) in [6.45, 7) is 7.22. The Kier molecular flexibility index (Phi) is 4.82. The first-order valence-electron chi connectivity index (χ1n) is 6.31. The normalized spacial score (nSPS) is 19.1. The summed E-state index contributed by atoms with van der Waals surface area (Å²) in [5.41, 5.74) is 1.46. The van der Waals surface area contributed by atoms with E-state index >= 15 is 0 Å². The summed E-state index contributed by atoms with van der Waals surface area (Å²) >= 11 is 1.79. The Balaban J connectivity index is 1.58. The van der Waals surface area contributed by atoms with Crippen LogP contribution in [0.15, 0.2) is 16.8 Å². The van der Waals surface area contributed by atoms with Crippen LogP contribution in [0.2, 0.25) is 0 Å². The Morgan fingerprint density at radius 1 is 1.44 bits per heavy atom. The van der Waals surface area contributed by atoms with Crippen molar-refractivity contribution in [2.24, 2.45) is 0 Å². The molecular formula is C13H22N2S. The molecule has 16 heavy (non-hydrogen) atoms. The van der Waals surface area contributed by atoms with Gasteiger partial charge in [-0.2, -0.15) is 11.3 Å². The molecule has 0 aliphatic carbocycles. The fourth-order valence-electron chi connectivity index (χ4n) is 2.31. The molecule has 2 heterocycles. The predicted octanol–water partition coefficient (Wildman–Crippen LogP) is 2.36. The number of nitrogens with one attached hydrogen (secondary N) is 1. The van der Waals surface area contributed by atoms with Gasteiger partial charge in [-0.25, -0.2) is 0 Å². The maximum Gasteiger partial charge on any atom is 0.0166 e. The molecule has 0 radical (unpaired) electrons. The fraction of sp³-hybridized carbons (Fsp3) is 0.692. The lowest BCUT2D eigenvalue weighted by molar-refractivity contribution is 0.299. The van der Waals surface area contributed by atoms with E-state index in [-0.39, 0.29) is 0 Å². The van der Waals surface area contributed by atoms with Gasteiger partial charge in [0.15, 0.2) is 0 Å². The molecule has 2 rings (SSSR count). The first-order chi connectivity index (χ1) is 7.84. The summed E-state index contributed by atoms with van der Waals surface area (Å²) in [7, 11) is 0. The highest BCUT2D eigenvalue weighted by molar-refractivity contribution is 7.07. The standard InChI is InChI=1S/C13H22N2S/c1-12(10-15-7-2-3-8-15)14-6-4-13-5-9-16-11-13/h5,9,11-12,14H,2-4,6-8,10H2,1H3. The SMILES string of the molecule is CC(CN1CCCC1)NCCc1ccsc1. The van der Waals surface area contributed by atoms with Crippen molar-refractivity contribution in [3.63, 3.8) is 0 Å². The van der Waals surface area contributed by atoms with Crippen LogP contribution in [0, 0.1) is 0 Å². The second-order valence-corrected chi connectivity index (χ2v) is 5.52. The molecular weight excluding hydrogens is 216 g/mol. The average Bonchev–Trinajstić information content (AvgIpc) is 2.90. The molecule has 0 saturated carbocycles. The van der Waals surface area contributed by atoms with E-state index in [0.29, 0.717) is 6.04 Å². The lowest BCUT2D eigenvalue weighted by atomic mass is 10.2. The largest absolute Gasteiger partial charge is 0.313 e. The molecule has 1 N–H and O–H groups in total. The van der Waals surface area contributed by atoms with Gasteiger partial charge < -0.3 is 10.2 Å². The van der Waals surface area contributed by atoms with Gasteiger partial charge in [-0.1, -0.05) is 0 Å². The van der Waals surface area contributed by atoms with Crippen molar-refractivity contribution in [3.8, 4) is 0 Å². The van der Waals surface area contributed by atoms with E-state index in [2.05, 4.69) is 34.0 Å². The summed E-state index contributed by atoms with van der Waals surface area (Å²) < 4.78 is 0. The highest BCUT2D eigenvalue weighted by Crippen LogP contribution is 2.08. The van der Waals surface area contributed by atoms with Gasteiger partial charge in [-0.05, 0) is 68.2 Å². The van der Waals surface area contributed by atoms with E-state index in [1.54, 1.807) is 11.3 Å².